The second kappa shape index (κ2) is 14.3. The van der Waals surface area contributed by atoms with Gasteiger partial charge < -0.3 is 10.1 Å². The molecule has 7 heteroatoms. The number of esters is 1. The van der Waals surface area contributed by atoms with Crippen molar-refractivity contribution in [1.29, 1.82) is 0 Å². The molecule has 196 valence electrons. The molecule has 1 atom stereocenters. The number of hydrogen-bond acceptors (Lipinski definition) is 5. The van der Waals surface area contributed by atoms with E-state index in [-0.39, 0.29) is 25.9 Å². The lowest BCUT2D eigenvalue weighted by Crippen LogP contribution is -2.56. The molecule has 1 amide bonds. The van der Waals surface area contributed by atoms with Crippen molar-refractivity contribution in [2.24, 2.45) is 0 Å². The molecule has 0 bridgehead atoms. The Morgan fingerprint density at radius 1 is 0.868 bits per heavy atom. The summed E-state index contributed by atoms with van der Waals surface area (Å²) in [6.07, 6.45) is 6.58. The molecular weight excluding hydrogens is 480 g/mol. The summed E-state index contributed by atoms with van der Waals surface area (Å²) in [4.78, 5) is 38.4. The summed E-state index contributed by atoms with van der Waals surface area (Å²) in [6.45, 7) is 1.80. The van der Waals surface area contributed by atoms with Gasteiger partial charge in [-0.05, 0) is 23.6 Å². The second-order valence-corrected chi connectivity index (χ2v) is 8.79. The predicted molar refractivity (Wildman–Crippen MR) is 149 cm³/mol. The fourth-order valence-corrected chi connectivity index (χ4v) is 3.99. The quantitative estimate of drug-likeness (QED) is 0.185. The normalized spacial score (nSPS) is 12.3. The van der Waals surface area contributed by atoms with Gasteiger partial charge in [-0.15, -0.1) is 0 Å². The highest BCUT2D eigenvalue weighted by molar-refractivity contribution is 5.90. The van der Waals surface area contributed by atoms with Gasteiger partial charge in [-0.2, -0.15) is 0 Å². The van der Waals surface area contributed by atoms with Gasteiger partial charge in [0.1, 0.15) is 6.04 Å². The van der Waals surface area contributed by atoms with Crippen LogP contribution in [0.3, 0.4) is 0 Å². The number of carbonyl (C=O) groups excluding carboxylic acids is 2. The lowest BCUT2D eigenvalue weighted by atomic mass is 9.89. The molecule has 3 aromatic rings. The first-order valence-electron chi connectivity index (χ1n) is 12.5. The van der Waals surface area contributed by atoms with E-state index in [0.29, 0.717) is 0 Å². The topological polar surface area (TPSA) is 98.5 Å². The van der Waals surface area contributed by atoms with E-state index in [1.165, 1.54) is 0 Å². The van der Waals surface area contributed by atoms with Crippen LogP contribution in [-0.4, -0.2) is 35.0 Å². The monoisotopic (exact) mass is 512 g/mol. The SMILES string of the molecule is CCOC(=O)[C@H](Cc1ccccc1)NC(=O)C(C/C=C/c1ccccc1)(C/C=C/c1ccccc1)[N+](=O)[O-]. The van der Waals surface area contributed by atoms with Crippen molar-refractivity contribution in [2.75, 3.05) is 6.61 Å². The Balaban J connectivity index is 1.91. The molecule has 38 heavy (non-hydrogen) atoms. The minimum Gasteiger partial charge on any atom is -0.464 e. The van der Waals surface area contributed by atoms with Crippen LogP contribution in [-0.2, 0) is 20.7 Å². The van der Waals surface area contributed by atoms with Crippen molar-refractivity contribution in [3.8, 4) is 0 Å². The predicted octanol–water partition coefficient (Wildman–Crippen LogP) is 5.50. The highest BCUT2D eigenvalue weighted by atomic mass is 16.6. The minimum absolute atomic E-state index is 0.125. The fraction of sp³-hybridized carbons (Fsp3) is 0.226. The van der Waals surface area contributed by atoms with Crippen LogP contribution in [0.25, 0.3) is 12.2 Å². The van der Waals surface area contributed by atoms with Gasteiger partial charge in [-0.3, -0.25) is 14.9 Å². The first-order chi connectivity index (χ1) is 18.4. The molecule has 0 heterocycles. The summed E-state index contributed by atoms with van der Waals surface area (Å²) in [5.41, 5.74) is 0.486. The van der Waals surface area contributed by atoms with Gasteiger partial charge in [0.15, 0.2) is 0 Å². The standard InChI is InChI=1S/C31H32N2O5/c1-2-38-29(34)28(24-27-18-10-5-11-19-27)32-30(35)31(33(36)37,22-12-20-25-14-6-3-7-15-25)23-13-21-26-16-8-4-9-17-26/h3-21,28H,2,22-24H2,1H3,(H,32,35)/b20-12+,21-13+/t28-/m0/s1. The number of rotatable bonds is 13. The van der Waals surface area contributed by atoms with E-state index in [1.54, 1.807) is 31.2 Å². The smallest absolute Gasteiger partial charge is 0.328 e. The summed E-state index contributed by atoms with van der Waals surface area (Å²) in [6, 6.07) is 26.8. The molecular formula is C31H32N2O5. The number of nitrogens with zero attached hydrogens (tertiary/aromatic N) is 1. The summed E-state index contributed by atoms with van der Waals surface area (Å²) < 4.78 is 5.18. The Morgan fingerprint density at radius 2 is 1.34 bits per heavy atom. The zero-order valence-electron chi connectivity index (χ0n) is 21.4. The van der Waals surface area contributed by atoms with Crippen LogP contribution in [0.4, 0.5) is 0 Å². The molecule has 0 aliphatic rings. The Morgan fingerprint density at radius 3 is 1.79 bits per heavy atom. The number of benzene rings is 3. The van der Waals surface area contributed by atoms with Crippen LogP contribution >= 0.6 is 0 Å². The number of amides is 1. The van der Waals surface area contributed by atoms with E-state index in [1.807, 2.05) is 91.0 Å². The van der Waals surface area contributed by atoms with E-state index >= 15 is 0 Å². The third kappa shape index (κ3) is 8.00. The van der Waals surface area contributed by atoms with Crippen LogP contribution in [0.1, 0.15) is 36.5 Å². The maximum Gasteiger partial charge on any atom is 0.328 e. The van der Waals surface area contributed by atoms with Gasteiger partial charge in [0.25, 0.3) is 5.91 Å². The molecule has 0 saturated carbocycles. The lowest BCUT2D eigenvalue weighted by Gasteiger charge is -2.25. The number of nitro groups is 1. The molecule has 3 aromatic carbocycles. The van der Waals surface area contributed by atoms with Gasteiger partial charge in [0.2, 0.25) is 0 Å². The third-order valence-corrected chi connectivity index (χ3v) is 6.06. The molecule has 0 spiro atoms. The third-order valence-electron chi connectivity index (χ3n) is 6.06. The summed E-state index contributed by atoms with van der Waals surface area (Å²) >= 11 is 0. The van der Waals surface area contributed by atoms with Gasteiger partial charge in [0.05, 0.1) is 6.61 Å². The van der Waals surface area contributed by atoms with Gasteiger partial charge in [0, 0.05) is 24.2 Å². The second-order valence-electron chi connectivity index (χ2n) is 8.79. The van der Waals surface area contributed by atoms with E-state index < -0.39 is 28.4 Å². The summed E-state index contributed by atoms with van der Waals surface area (Å²) in [7, 11) is 0. The first kappa shape index (κ1) is 28.1. The lowest BCUT2D eigenvalue weighted by molar-refractivity contribution is -0.551. The van der Waals surface area contributed by atoms with Gasteiger partial charge in [-0.1, -0.05) is 115 Å². The minimum atomic E-state index is -2.03. The van der Waals surface area contributed by atoms with Crippen molar-refractivity contribution in [1.82, 2.24) is 5.32 Å². The molecule has 0 unspecified atom stereocenters. The van der Waals surface area contributed by atoms with Crippen molar-refractivity contribution in [2.45, 2.75) is 37.8 Å². The number of hydrogen-bond donors (Lipinski definition) is 1. The first-order valence-corrected chi connectivity index (χ1v) is 12.5. The Hall–Kier alpha value is -4.52. The van der Waals surface area contributed by atoms with E-state index in [9.17, 15) is 19.7 Å². The number of ether oxygens (including phenoxy) is 1. The molecule has 1 N–H and O–H groups in total. The van der Waals surface area contributed by atoms with Crippen LogP contribution in [0.5, 0.6) is 0 Å². The molecule has 0 saturated heterocycles. The van der Waals surface area contributed by atoms with Crippen LogP contribution in [0.15, 0.2) is 103 Å². The average Bonchev–Trinajstić information content (AvgIpc) is 2.93. The maximum atomic E-state index is 13.7. The number of carbonyl (C=O) groups is 2. The zero-order chi connectivity index (χ0) is 27.2. The van der Waals surface area contributed by atoms with Crippen LogP contribution < -0.4 is 5.32 Å². The highest BCUT2D eigenvalue weighted by Gasteiger charge is 2.50. The zero-order valence-corrected chi connectivity index (χ0v) is 21.4. The van der Waals surface area contributed by atoms with Crippen molar-refractivity contribution in [3.63, 3.8) is 0 Å². The average molecular weight is 513 g/mol. The molecule has 0 aromatic heterocycles. The van der Waals surface area contributed by atoms with Crippen molar-refractivity contribution in [3.05, 3.63) is 130 Å². The van der Waals surface area contributed by atoms with Crippen molar-refractivity contribution < 1.29 is 19.2 Å². The van der Waals surface area contributed by atoms with E-state index in [0.717, 1.165) is 16.7 Å². The molecule has 7 nitrogen and oxygen atoms in total. The van der Waals surface area contributed by atoms with E-state index in [4.69, 9.17) is 4.74 Å². The fourth-order valence-electron chi connectivity index (χ4n) is 3.99. The van der Waals surface area contributed by atoms with Crippen LogP contribution in [0, 0.1) is 10.1 Å². The summed E-state index contributed by atoms with van der Waals surface area (Å²) in [5, 5.41) is 15.2. The van der Waals surface area contributed by atoms with Gasteiger partial charge in [-0.25, -0.2) is 4.79 Å². The Labute approximate surface area is 223 Å². The largest absolute Gasteiger partial charge is 0.464 e. The molecule has 0 radical (unpaired) electrons. The molecule has 0 fully saturated rings. The van der Waals surface area contributed by atoms with Crippen LogP contribution in [0.2, 0.25) is 0 Å². The van der Waals surface area contributed by atoms with Gasteiger partial charge >= 0.3 is 11.5 Å². The summed E-state index contributed by atoms with van der Waals surface area (Å²) in [5.74, 6) is -1.48. The highest BCUT2D eigenvalue weighted by Crippen LogP contribution is 2.24. The maximum absolute atomic E-state index is 13.7. The molecule has 0 aliphatic heterocycles. The molecule has 0 aliphatic carbocycles. The number of nitrogens with one attached hydrogen (secondary N) is 1. The van der Waals surface area contributed by atoms with Crippen molar-refractivity contribution >= 4 is 24.0 Å². The molecule has 3 rings (SSSR count). The Kier molecular flexibility index (Phi) is 10.5. The van der Waals surface area contributed by atoms with E-state index in [2.05, 4.69) is 5.32 Å². The Bertz CT molecular complexity index is 1190.